The molecule has 1 aromatic heterocycles. The van der Waals surface area contributed by atoms with Crippen molar-refractivity contribution in [1.29, 1.82) is 0 Å². The van der Waals surface area contributed by atoms with Crippen LogP contribution in [0.4, 0.5) is 4.39 Å². The lowest BCUT2D eigenvalue weighted by atomic mass is 10.0. The summed E-state index contributed by atoms with van der Waals surface area (Å²) in [5.41, 5.74) is 4.56. The Morgan fingerprint density at radius 3 is 2.83 bits per heavy atom. The third-order valence-electron chi connectivity index (χ3n) is 3.30. The zero-order valence-corrected chi connectivity index (χ0v) is 12.5. The number of benzene rings is 1. The van der Waals surface area contributed by atoms with Crippen molar-refractivity contribution in [2.45, 2.75) is 19.4 Å². The number of aryl methyl sites for hydroxylation is 1. The summed E-state index contributed by atoms with van der Waals surface area (Å²) in [5, 5.41) is 14.8. The van der Waals surface area contributed by atoms with Gasteiger partial charge in [-0.25, -0.2) is 9.18 Å². The van der Waals surface area contributed by atoms with Gasteiger partial charge in [0.05, 0.1) is 12.7 Å². The minimum atomic E-state index is -1.12. The van der Waals surface area contributed by atoms with E-state index >= 15 is 0 Å². The van der Waals surface area contributed by atoms with Gasteiger partial charge in [0.1, 0.15) is 11.6 Å². The number of halogens is 1. The number of quaternary nitrogens is 1. The molecule has 8 heteroatoms. The molecule has 1 amide bonds. The average molecular weight is 322 g/mol. The second kappa shape index (κ2) is 7.01. The lowest BCUT2D eigenvalue weighted by Gasteiger charge is -2.08. The Hall–Kier alpha value is -2.74. The molecular formula is C15H17FN3O4+. The maximum Gasteiger partial charge on any atom is 0.364 e. The molecular weight excluding hydrogens is 305 g/mol. The fraction of sp³-hybridized carbons (Fsp3) is 0.267. The first-order chi connectivity index (χ1) is 10.9. The molecule has 0 aliphatic rings. The van der Waals surface area contributed by atoms with Crippen LogP contribution in [0.5, 0.6) is 0 Å². The Kier molecular flexibility index (Phi) is 5.07. The van der Waals surface area contributed by atoms with E-state index in [9.17, 15) is 14.0 Å². The second-order valence-corrected chi connectivity index (χ2v) is 4.99. The topological polar surface area (TPSA) is 120 Å². The van der Waals surface area contributed by atoms with Crippen LogP contribution in [0.25, 0.3) is 11.1 Å². The monoisotopic (exact) mass is 322 g/mol. The minimum absolute atomic E-state index is 0.0841. The van der Waals surface area contributed by atoms with Gasteiger partial charge in [0, 0.05) is 17.5 Å². The quantitative estimate of drug-likeness (QED) is 0.714. The Morgan fingerprint density at radius 2 is 2.17 bits per heavy atom. The van der Waals surface area contributed by atoms with Crippen LogP contribution in [0, 0.1) is 5.82 Å². The molecule has 5 N–H and O–H groups in total. The Morgan fingerprint density at radius 1 is 1.43 bits per heavy atom. The second-order valence-electron chi connectivity index (χ2n) is 4.99. The number of hydrogen-bond acceptors (Lipinski definition) is 4. The van der Waals surface area contributed by atoms with Gasteiger partial charge in [0.25, 0.3) is 5.91 Å². The van der Waals surface area contributed by atoms with E-state index in [-0.39, 0.29) is 12.1 Å². The lowest BCUT2D eigenvalue weighted by Crippen LogP contribution is -2.68. The van der Waals surface area contributed by atoms with E-state index < -0.39 is 23.7 Å². The smallest absolute Gasteiger partial charge is 0.364 e. The SMILES string of the molecule is CCc1oncc1-c1cc(F)cc(C(=O)NC[C@@H]([NH3+])C(=O)O)c1. The summed E-state index contributed by atoms with van der Waals surface area (Å²) in [6.07, 6.45) is 2.04. The molecule has 23 heavy (non-hydrogen) atoms. The van der Waals surface area contributed by atoms with Crippen molar-refractivity contribution in [1.82, 2.24) is 10.5 Å². The van der Waals surface area contributed by atoms with Crippen LogP contribution in [0.15, 0.2) is 28.9 Å². The van der Waals surface area contributed by atoms with Crippen LogP contribution < -0.4 is 11.1 Å². The summed E-state index contributed by atoms with van der Waals surface area (Å²) < 4.78 is 18.9. The highest BCUT2D eigenvalue weighted by Crippen LogP contribution is 2.26. The molecule has 0 fully saturated rings. The summed E-state index contributed by atoms with van der Waals surface area (Å²) in [6, 6.07) is 2.89. The number of hydrogen-bond donors (Lipinski definition) is 3. The highest BCUT2D eigenvalue weighted by molar-refractivity contribution is 5.95. The summed E-state index contributed by atoms with van der Waals surface area (Å²) in [4.78, 5) is 22.8. The number of nitrogens with zero attached hydrogens (tertiary/aromatic N) is 1. The molecule has 1 atom stereocenters. The molecule has 7 nitrogen and oxygen atoms in total. The van der Waals surface area contributed by atoms with E-state index in [1.807, 2.05) is 6.92 Å². The molecule has 1 aromatic carbocycles. The van der Waals surface area contributed by atoms with Crippen LogP contribution in [0.1, 0.15) is 23.0 Å². The van der Waals surface area contributed by atoms with Gasteiger partial charge in [0.15, 0.2) is 6.04 Å². The number of carboxylic acids is 1. The van der Waals surface area contributed by atoms with Crippen LogP contribution in [-0.2, 0) is 11.2 Å². The van der Waals surface area contributed by atoms with E-state index in [1.165, 1.54) is 18.3 Å². The Labute approximate surface area is 131 Å². The van der Waals surface area contributed by atoms with Crippen molar-refractivity contribution in [2.75, 3.05) is 6.54 Å². The molecule has 0 aliphatic carbocycles. The predicted octanol–water partition coefficient (Wildman–Crippen LogP) is 0.468. The van der Waals surface area contributed by atoms with Gasteiger partial charge in [-0.3, -0.25) is 4.79 Å². The molecule has 0 aliphatic heterocycles. The van der Waals surface area contributed by atoms with Gasteiger partial charge >= 0.3 is 5.97 Å². The highest BCUT2D eigenvalue weighted by Gasteiger charge is 2.18. The first-order valence-corrected chi connectivity index (χ1v) is 7.01. The summed E-state index contributed by atoms with van der Waals surface area (Å²) in [5.74, 6) is -1.69. The van der Waals surface area contributed by atoms with Crippen LogP contribution in [0.3, 0.4) is 0 Å². The normalized spacial score (nSPS) is 12.0. The van der Waals surface area contributed by atoms with E-state index in [1.54, 1.807) is 0 Å². The Balaban J connectivity index is 2.23. The lowest BCUT2D eigenvalue weighted by molar-refractivity contribution is -0.404. The van der Waals surface area contributed by atoms with Crippen LogP contribution in [-0.4, -0.2) is 34.7 Å². The highest BCUT2D eigenvalue weighted by atomic mass is 19.1. The zero-order chi connectivity index (χ0) is 17.0. The van der Waals surface area contributed by atoms with Crippen molar-refractivity contribution in [3.8, 4) is 11.1 Å². The number of amides is 1. The standard InChI is InChI=1S/C15H16FN3O4/c1-2-13-11(6-19-23-13)8-3-9(5-10(16)4-8)14(20)18-7-12(17)15(21)22/h3-6,12H,2,7,17H2,1H3,(H,18,20)(H,21,22)/p+1/t12-/m1/s1. The predicted molar refractivity (Wildman–Crippen MR) is 77.9 cm³/mol. The molecule has 0 spiro atoms. The van der Waals surface area contributed by atoms with Gasteiger partial charge < -0.3 is 20.7 Å². The van der Waals surface area contributed by atoms with E-state index in [0.29, 0.717) is 23.3 Å². The fourth-order valence-electron chi connectivity index (χ4n) is 2.04. The largest absolute Gasteiger partial charge is 0.477 e. The minimum Gasteiger partial charge on any atom is -0.477 e. The van der Waals surface area contributed by atoms with Gasteiger partial charge in [-0.2, -0.15) is 0 Å². The van der Waals surface area contributed by atoms with Gasteiger partial charge in [-0.05, 0) is 23.8 Å². The fourth-order valence-corrected chi connectivity index (χ4v) is 2.04. The first kappa shape index (κ1) is 16.6. The van der Waals surface area contributed by atoms with Crippen molar-refractivity contribution in [3.63, 3.8) is 0 Å². The number of aromatic nitrogens is 1. The van der Waals surface area contributed by atoms with Crippen LogP contribution >= 0.6 is 0 Å². The number of nitrogens with one attached hydrogen (secondary N) is 1. The molecule has 0 unspecified atom stereocenters. The number of carboxylic acid groups (broad SMARTS) is 1. The molecule has 0 saturated carbocycles. The molecule has 1 heterocycles. The molecule has 0 radical (unpaired) electrons. The molecule has 2 rings (SSSR count). The van der Waals surface area contributed by atoms with Crippen molar-refractivity contribution in [3.05, 3.63) is 41.5 Å². The first-order valence-electron chi connectivity index (χ1n) is 7.01. The summed E-state index contributed by atoms with van der Waals surface area (Å²) in [6.45, 7) is 1.73. The summed E-state index contributed by atoms with van der Waals surface area (Å²) >= 11 is 0. The molecule has 0 saturated heterocycles. The third kappa shape index (κ3) is 3.92. The van der Waals surface area contributed by atoms with Crippen molar-refractivity contribution in [2.24, 2.45) is 0 Å². The molecule has 2 aromatic rings. The maximum atomic E-state index is 13.8. The van der Waals surface area contributed by atoms with E-state index in [4.69, 9.17) is 9.63 Å². The Bertz CT molecular complexity index is 729. The third-order valence-corrected chi connectivity index (χ3v) is 3.30. The summed E-state index contributed by atoms with van der Waals surface area (Å²) in [7, 11) is 0. The molecule has 0 bridgehead atoms. The van der Waals surface area contributed by atoms with Gasteiger partial charge in [-0.15, -0.1) is 0 Å². The number of rotatable bonds is 6. The average Bonchev–Trinajstić information content (AvgIpc) is 3.00. The van der Waals surface area contributed by atoms with Crippen molar-refractivity contribution < 1.29 is 29.3 Å². The van der Waals surface area contributed by atoms with Crippen molar-refractivity contribution >= 4 is 11.9 Å². The number of aliphatic carboxylic acids is 1. The molecule has 122 valence electrons. The maximum absolute atomic E-state index is 13.8. The van der Waals surface area contributed by atoms with Gasteiger partial charge in [-0.1, -0.05) is 12.1 Å². The van der Waals surface area contributed by atoms with Gasteiger partial charge in [0.2, 0.25) is 0 Å². The van der Waals surface area contributed by atoms with E-state index in [0.717, 1.165) is 6.07 Å². The van der Waals surface area contributed by atoms with Crippen LogP contribution in [0.2, 0.25) is 0 Å². The zero-order valence-electron chi connectivity index (χ0n) is 12.5. The number of carbonyl (C=O) groups excluding carboxylic acids is 1. The van der Waals surface area contributed by atoms with E-state index in [2.05, 4.69) is 16.2 Å². The number of carbonyl (C=O) groups is 2.